The topological polar surface area (TPSA) is 90.2 Å². The number of nitrogen functional groups attached to an aromatic ring is 2. The van der Waals surface area contributed by atoms with E-state index in [0.29, 0.717) is 4.47 Å². The van der Waals surface area contributed by atoms with Gasteiger partial charge in [-0.1, -0.05) is 7.43 Å². The van der Waals surface area contributed by atoms with E-state index >= 15 is 0 Å². The Hall–Kier alpha value is -1.55. The van der Waals surface area contributed by atoms with Crippen molar-refractivity contribution in [1.29, 1.82) is 0 Å². The zero-order valence-corrected chi connectivity index (χ0v) is 12.5. The van der Waals surface area contributed by atoms with Crippen LogP contribution in [0.4, 0.5) is 20.2 Å². The van der Waals surface area contributed by atoms with E-state index in [0.717, 1.165) is 12.4 Å². The minimum absolute atomic E-state index is 0. The number of nitrogens with two attached hydrogens (primary N) is 2. The van der Waals surface area contributed by atoms with Gasteiger partial charge in [-0.25, -0.2) is 8.78 Å². The summed E-state index contributed by atoms with van der Waals surface area (Å²) in [4.78, 5) is 7.03. The Labute approximate surface area is 137 Å². The van der Waals surface area contributed by atoms with Gasteiger partial charge in [-0.2, -0.15) is 0 Å². The number of rotatable bonds is 0. The molecule has 10 heteroatoms. The molecular formula is C11H14BBrF2N5S. The molecule has 2 aromatic rings. The van der Waals surface area contributed by atoms with Crippen molar-refractivity contribution in [3.05, 3.63) is 47.0 Å². The second-order valence-corrected chi connectivity index (χ2v) is 4.11. The molecule has 0 atom stereocenters. The Morgan fingerprint density at radius 2 is 1.67 bits per heavy atom. The third kappa shape index (κ3) is 9.08. The number of hydrogen-bond donors (Lipinski definition) is 3. The van der Waals surface area contributed by atoms with E-state index in [9.17, 15) is 8.78 Å². The predicted molar refractivity (Wildman–Crippen MR) is 88.8 cm³/mol. The molecule has 4 N–H and O–H groups in total. The number of pyridine rings is 2. The van der Waals surface area contributed by atoms with E-state index in [1.807, 2.05) is 0 Å². The maximum atomic E-state index is 12.4. The first kappa shape index (κ1) is 21.7. The zero-order valence-electron chi connectivity index (χ0n) is 10.0. The molecule has 0 aliphatic heterocycles. The summed E-state index contributed by atoms with van der Waals surface area (Å²) in [5.74, 6) is -0.961. The first-order valence-electron chi connectivity index (χ1n) is 4.87. The molecule has 5 nitrogen and oxygen atoms in total. The molecule has 0 saturated heterocycles. The Morgan fingerprint density at radius 3 is 2.00 bits per heavy atom. The van der Waals surface area contributed by atoms with Gasteiger partial charge in [-0.05, 0) is 22.0 Å². The fraction of sp³-hybridized carbons (Fsp3) is 0.0909. The standard InChI is InChI=1S/C5H4BrFN2.C5H5FN2.CH4.BHNS/c6-3-1-9-2-4(7)5(3)8;6-4-3-8-2-1-5(4)7;;1-2-3/h1-2H,(H2,8,9);1-3H,(H2,7,8);1H4;3H. The SMILES string of the molecule is C.Nc1c(F)cncc1Br.Nc1ccncc1F.[B]=NS. The number of thiol groups is 1. The summed E-state index contributed by atoms with van der Waals surface area (Å²) in [5, 5.41) is 0. The number of halogens is 3. The average molecular weight is 377 g/mol. The van der Waals surface area contributed by atoms with Crippen LogP contribution in [-0.2, 0) is 0 Å². The van der Waals surface area contributed by atoms with E-state index in [4.69, 9.17) is 11.5 Å². The monoisotopic (exact) mass is 376 g/mol. The van der Waals surface area contributed by atoms with Gasteiger partial charge in [0.15, 0.2) is 11.6 Å². The van der Waals surface area contributed by atoms with Crippen LogP contribution in [0.25, 0.3) is 0 Å². The van der Waals surface area contributed by atoms with Crippen LogP contribution in [0.2, 0.25) is 0 Å². The molecule has 0 bridgehead atoms. The van der Waals surface area contributed by atoms with E-state index in [1.165, 1.54) is 18.5 Å². The Morgan fingerprint density at radius 1 is 1.14 bits per heavy atom. The van der Waals surface area contributed by atoms with Crippen LogP contribution in [0.15, 0.2) is 39.6 Å². The molecule has 1 radical (unpaired) electrons. The van der Waals surface area contributed by atoms with Gasteiger partial charge in [0, 0.05) is 12.4 Å². The van der Waals surface area contributed by atoms with Crippen LogP contribution in [0.5, 0.6) is 0 Å². The first-order chi connectivity index (χ1) is 9.43. The molecule has 21 heavy (non-hydrogen) atoms. The molecule has 113 valence electrons. The quantitative estimate of drug-likeness (QED) is 0.486. The second-order valence-electron chi connectivity index (χ2n) is 3.03. The van der Waals surface area contributed by atoms with E-state index in [-0.39, 0.29) is 18.8 Å². The molecule has 0 spiro atoms. The Balaban J connectivity index is 0. The molecule has 0 aliphatic rings. The molecule has 0 saturated carbocycles. The van der Waals surface area contributed by atoms with Crippen LogP contribution in [0.3, 0.4) is 0 Å². The van der Waals surface area contributed by atoms with Gasteiger partial charge in [0.1, 0.15) is 0 Å². The Kier molecular flexibility index (Phi) is 12.7. The predicted octanol–water partition coefficient (Wildman–Crippen LogP) is 3.19. The summed E-state index contributed by atoms with van der Waals surface area (Å²) in [6.45, 7) is 0. The molecule has 2 heterocycles. The molecule has 0 aromatic carbocycles. The van der Waals surface area contributed by atoms with Gasteiger partial charge >= 0.3 is 24.8 Å². The van der Waals surface area contributed by atoms with Gasteiger partial charge < -0.3 is 11.5 Å². The second kappa shape index (κ2) is 12.2. The van der Waals surface area contributed by atoms with Crippen molar-refractivity contribution >= 4 is 47.8 Å². The first-order valence-corrected chi connectivity index (χ1v) is 6.07. The molecule has 2 aromatic heterocycles. The number of anilines is 2. The fourth-order valence-electron chi connectivity index (χ4n) is 0.807. The number of hydrogen-bond acceptors (Lipinski definition) is 6. The molecule has 0 aliphatic carbocycles. The summed E-state index contributed by atoms with van der Waals surface area (Å²) >= 11 is 6.21. The normalized spacial score (nSPS) is 8.14. The summed E-state index contributed by atoms with van der Waals surface area (Å²) in [5.41, 5.74) is 10.6. The van der Waals surface area contributed by atoms with Crippen LogP contribution in [-0.4, -0.2) is 17.6 Å². The molecule has 0 amide bonds. The summed E-state index contributed by atoms with van der Waals surface area (Å²) in [6, 6.07) is 1.41. The third-order valence-corrected chi connectivity index (χ3v) is 2.33. The average Bonchev–Trinajstić information content (AvgIpc) is 2.41. The van der Waals surface area contributed by atoms with Crippen molar-refractivity contribution in [1.82, 2.24) is 9.97 Å². The maximum absolute atomic E-state index is 12.4. The molecule has 2 rings (SSSR count). The molecular weight excluding hydrogens is 363 g/mol. The van der Waals surface area contributed by atoms with Crippen molar-refractivity contribution < 1.29 is 8.78 Å². The van der Waals surface area contributed by atoms with Crippen molar-refractivity contribution in [2.45, 2.75) is 7.43 Å². The van der Waals surface area contributed by atoms with E-state index in [2.05, 4.69) is 50.7 Å². The van der Waals surface area contributed by atoms with Crippen LogP contribution < -0.4 is 11.5 Å². The van der Waals surface area contributed by atoms with E-state index in [1.54, 1.807) is 0 Å². The van der Waals surface area contributed by atoms with E-state index < -0.39 is 11.6 Å². The van der Waals surface area contributed by atoms with Crippen molar-refractivity contribution in [2.75, 3.05) is 11.5 Å². The van der Waals surface area contributed by atoms with Gasteiger partial charge in [-0.15, -0.1) is 0 Å². The van der Waals surface area contributed by atoms with Crippen LogP contribution in [0.1, 0.15) is 7.43 Å². The third-order valence-electron chi connectivity index (χ3n) is 1.69. The van der Waals surface area contributed by atoms with Gasteiger partial charge in [0.25, 0.3) is 0 Å². The van der Waals surface area contributed by atoms with Crippen molar-refractivity contribution in [3.63, 3.8) is 0 Å². The zero-order chi connectivity index (χ0) is 15.5. The summed E-state index contributed by atoms with van der Waals surface area (Å²) < 4.78 is 27.7. The molecule has 0 unspecified atom stereocenters. The van der Waals surface area contributed by atoms with Gasteiger partial charge in [0.05, 0.1) is 28.2 Å². The number of nitrogens with zero attached hydrogens (tertiary/aromatic N) is 3. The number of aromatic nitrogens is 2. The minimum atomic E-state index is -0.496. The van der Waals surface area contributed by atoms with Crippen LogP contribution in [0, 0.1) is 11.6 Å². The molecule has 0 fully saturated rings. The van der Waals surface area contributed by atoms with Crippen molar-refractivity contribution in [2.24, 2.45) is 4.30 Å². The van der Waals surface area contributed by atoms with Crippen LogP contribution >= 0.6 is 28.7 Å². The Bertz CT molecular complexity index is 521. The van der Waals surface area contributed by atoms with Gasteiger partial charge in [-0.3, -0.25) is 9.97 Å². The summed E-state index contributed by atoms with van der Waals surface area (Å²) in [7, 11) is 4.34. The van der Waals surface area contributed by atoms with Crippen molar-refractivity contribution in [3.8, 4) is 0 Å². The summed E-state index contributed by atoms with van der Waals surface area (Å²) in [6.07, 6.45) is 5.03. The fourth-order valence-corrected chi connectivity index (χ4v) is 1.11. The van der Waals surface area contributed by atoms with Gasteiger partial charge in [0.2, 0.25) is 0 Å².